The fourth-order valence-electron chi connectivity index (χ4n) is 2.79. The van der Waals surface area contributed by atoms with E-state index in [1.54, 1.807) is 6.20 Å². The molecule has 0 spiro atoms. The van der Waals surface area contributed by atoms with E-state index in [-0.39, 0.29) is 5.91 Å². The predicted molar refractivity (Wildman–Crippen MR) is 88.6 cm³/mol. The number of rotatable bonds is 4. The first kappa shape index (κ1) is 16.1. The lowest BCUT2D eigenvalue weighted by atomic mass is 10.2. The molecule has 2 aromatic heterocycles. The Kier molecular flexibility index (Phi) is 4.77. The Balaban J connectivity index is 1.57. The number of hydrogen-bond donors (Lipinski definition) is 0. The van der Waals surface area contributed by atoms with Crippen molar-refractivity contribution >= 4 is 17.2 Å². The molecule has 0 aliphatic carbocycles. The van der Waals surface area contributed by atoms with Crippen molar-refractivity contribution in [2.24, 2.45) is 0 Å². The molecule has 1 fully saturated rings. The van der Waals surface area contributed by atoms with Gasteiger partial charge in [-0.25, -0.2) is 4.98 Å². The second-order valence-corrected chi connectivity index (χ2v) is 6.96. The van der Waals surface area contributed by atoms with Crippen LogP contribution in [0.3, 0.4) is 0 Å². The van der Waals surface area contributed by atoms with Crippen LogP contribution in [-0.2, 0) is 13.0 Å². The zero-order valence-corrected chi connectivity index (χ0v) is 14.7. The molecule has 0 radical (unpaired) electrons. The van der Waals surface area contributed by atoms with Gasteiger partial charge in [-0.15, -0.1) is 11.3 Å². The Bertz CT molecular complexity index is 667. The Hall–Kier alpha value is -1.73. The van der Waals surface area contributed by atoms with Crippen LogP contribution in [0.4, 0.5) is 0 Å². The molecular formula is C16H22N4O2S. The molecule has 1 saturated heterocycles. The first-order chi connectivity index (χ1) is 11.1. The zero-order valence-electron chi connectivity index (χ0n) is 13.8. The van der Waals surface area contributed by atoms with E-state index < -0.39 is 0 Å². The fourth-order valence-corrected chi connectivity index (χ4v) is 3.61. The minimum Gasteiger partial charge on any atom is -0.361 e. The SMILES string of the molecule is CCc1ncc(C(=O)N2CCN(Cc3c(C)noc3C)CC2)s1. The van der Waals surface area contributed by atoms with E-state index in [2.05, 4.69) is 22.0 Å². The number of aryl methyl sites for hydroxylation is 3. The predicted octanol–water partition coefficient (Wildman–Crippen LogP) is 2.27. The normalized spacial score (nSPS) is 16.0. The first-order valence-corrected chi connectivity index (χ1v) is 8.78. The van der Waals surface area contributed by atoms with Gasteiger partial charge in [-0.3, -0.25) is 9.69 Å². The van der Waals surface area contributed by atoms with E-state index in [0.29, 0.717) is 0 Å². The van der Waals surface area contributed by atoms with Gasteiger partial charge in [-0.2, -0.15) is 0 Å². The lowest BCUT2D eigenvalue weighted by Crippen LogP contribution is -2.48. The Morgan fingerprint density at radius 1 is 1.30 bits per heavy atom. The maximum Gasteiger partial charge on any atom is 0.265 e. The molecule has 23 heavy (non-hydrogen) atoms. The number of carbonyl (C=O) groups excluding carboxylic acids is 1. The van der Waals surface area contributed by atoms with Gasteiger partial charge in [0.15, 0.2) is 0 Å². The molecule has 0 saturated carbocycles. The summed E-state index contributed by atoms with van der Waals surface area (Å²) in [6.45, 7) is 10.1. The summed E-state index contributed by atoms with van der Waals surface area (Å²) in [7, 11) is 0. The number of carbonyl (C=O) groups is 1. The largest absolute Gasteiger partial charge is 0.361 e. The van der Waals surface area contributed by atoms with Gasteiger partial charge in [-0.1, -0.05) is 12.1 Å². The number of amides is 1. The highest BCUT2D eigenvalue weighted by molar-refractivity contribution is 7.13. The van der Waals surface area contributed by atoms with Crippen molar-refractivity contribution < 1.29 is 9.32 Å². The molecule has 0 atom stereocenters. The highest BCUT2D eigenvalue weighted by Crippen LogP contribution is 2.19. The maximum absolute atomic E-state index is 12.5. The van der Waals surface area contributed by atoms with Crippen LogP contribution in [-0.4, -0.2) is 52.0 Å². The highest BCUT2D eigenvalue weighted by atomic mass is 32.1. The molecule has 3 heterocycles. The Morgan fingerprint density at radius 3 is 2.61 bits per heavy atom. The molecule has 0 aromatic carbocycles. The third-order valence-corrected chi connectivity index (χ3v) is 5.42. The van der Waals surface area contributed by atoms with Crippen molar-refractivity contribution in [2.45, 2.75) is 33.7 Å². The van der Waals surface area contributed by atoms with Crippen LogP contribution >= 0.6 is 11.3 Å². The molecule has 124 valence electrons. The van der Waals surface area contributed by atoms with E-state index in [0.717, 1.165) is 60.5 Å². The van der Waals surface area contributed by atoms with Gasteiger partial charge < -0.3 is 9.42 Å². The van der Waals surface area contributed by atoms with E-state index in [1.165, 1.54) is 16.9 Å². The summed E-state index contributed by atoms with van der Waals surface area (Å²) in [6.07, 6.45) is 2.59. The summed E-state index contributed by atoms with van der Waals surface area (Å²) in [5.41, 5.74) is 2.12. The minimum atomic E-state index is 0.110. The van der Waals surface area contributed by atoms with E-state index >= 15 is 0 Å². The zero-order chi connectivity index (χ0) is 16.4. The fraction of sp³-hybridized carbons (Fsp3) is 0.562. The maximum atomic E-state index is 12.5. The highest BCUT2D eigenvalue weighted by Gasteiger charge is 2.24. The van der Waals surface area contributed by atoms with Gasteiger partial charge in [0.25, 0.3) is 5.91 Å². The molecule has 0 unspecified atom stereocenters. The van der Waals surface area contributed by atoms with Crippen LogP contribution < -0.4 is 0 Å². The summed E-state index contributed by atoms with van der Waals surface area (Å²) in [5.74, 6) is 0.997. The second-order valence-electron chi connectivity index (χ2n) is 5.84. The van der Waals surface area contributed by atoms with Crippen LogP contribution in [0.15, 0.2) is 10.7 Å². The molecule has 0 N–H and O–H groups in total. The first-order valence-electron chi connectivity index (χ1n) is 7.96. The van der Waals surface area contributed by atoms with E-state index in [1.807, 2.05) is 18.7 Å². The number of nitrogens with zero attached hydrogens (tertiary/aromatic N) is 4. The number of aromatic nitrogens is 2. The average Bonchev–Trinajstić information content (AvgIpc) is 3.17. The molecule has 0 bridgehead atoms. The van der Waals surface area contributed by atoms with Gasteiger partial charge in [-0.05, 0) is 20.3 Å². The summed E-state index contributed by atoms with van der Waals surface area (Å²) in [4.78, 5) is 21.8. The summed E-state index contributed by atoms with van der Waals surface area (Å²) < 4.78 is 5.22. The smallest absolute Gasteiger partial charge is 0.265 e. The second kappa shape index (κ2) is 6.80. The van der Waals surface area contributed by atoms with Crippen LogP contribution in [0.25, 0.3) is 0 Å². The van der Waals surface area contributed by atoms with Crippen molar-refractivity contribution in [1.82, 2.24) is 19.9 Å². The molecule has 7 heteroatoms. The van der Waals surface area contributed by atoms with Gasteiger partial charge >= 0.3 is 0 Å². The van der Waals surface area contributed by atoms with Crippen molar-refractivity contribution in [3.8, 4) is 0 Å². The van der Waals surface area contributed by atoms with Crippen molar-refractivity contribution in [2.75, 3.05) is 26.2 Å². The van der Waals surface area contributed by atoms with Crippen LogP contribution in [0.5, 0.6) is 0 Å². The van der Waals surface area contributed by atoms with Gasteiger partial charge in [0.1, 0.15) is 10.6 Å². The molecule has 3 rings (SSSR count). The van der Waals surface area contributed by atoms with E-state index in [4.69, 9.17) is 4.52 Å². The van der Waals surface area contributed by atoms with Crippen LogP contribution in [0.2, 0.25) is 0 Å². The van der Waals surface area contributed by atoms with Gasteiger partial charge in [0.05, 0.1) is 16.9 Å². The van der Waals surface area contributed by atoms with Crippen molar-refractivity contribution in [3.63, 3.8) is 0 Å². The Morgan fingerprint density at radius 2 is 2.04 bits per heavy atom. The Labute approximate surface area is 140 Å². The van der Waals surface area contributed by atoms with Gasteiger partial charge in [0, 0.05) is 38.3 Å². The third-order valence-electron chi connectivity index (χ3n) is 4.29. The molecule has 1 amide bonds. The average molecular weight is 334 g/mol. The molecule has 1 aliphatic rings. The van der Waals surface area contributed by atoms with E-state index in [9.17, 15) is 4.79 Å². The molecular weight excluding hydrogens is 312 g/mol. The molecule has 2 aromatic rings. The topological polar surface area (TPSA) is 62.5 Å². The molecule has 6 nitrogen and oxygen atoms in total. The van der Waals surface area contributed by atoms with Crippen LogP contribution in [0, 0.1) is 13.8 Å². The van der Waals surface area contributed by atoms with Crippen molar-refractivity contribution in [1.29, 1.82) is 0 Å². The number of piperazine rings is 1. The summed E-state index contributed by atoms with van der Waals surface area (Å²) in [6, 6.07) is 0. The van der Waals surface area contributed by atoms with Crippen LogP contribution in [0.1, 0.15) is 38.6 Å². The molecule has 1 aliphatic heterocycles. The quantitative estimate of drug-likeness (QED) is 0.858. The third kappa shape index (κ3) is 3.45. The van der Waals surface area contributed by atoms with Crippen molar-refractivity contribution in [3.05, 3.63) is 33.1 Å². The number of hydrogen-bond acceptors (Lipinski definition) is 6. The minimum absolute atomic E-state index is 0.110. The van der Waals surface area contributed by atoms with Gasteiger partial charge in [0.2, 0.25) is 0 Å². The number of thiazole rings is 1. The summed E-state index contributed by atoms with van der Waals surface area (Å²) >= 11 is 1.51. The standard InChI is InChI=1S/C16H22N4O2S/c1-4-15-17-9-14(23-15)16(21)20-7-5-19(6-8-20)10-13-11(2)18-22-12(13)3/h9H,4-8,10H2,1-3H3. The monoisotopic (exact) mass is 334 g/mol. The summed E-state index contributed by atoms with van der Waals surface area (Å²) in [5, 5.41) is 5.02. The lowest BCUT2D eigenvalue weighted by Gasteiger charge is -2.34. The lowest BCUT2D eigenvalue weighted by molar-refractivity contribution is 0.0632.